The molecule has 0 unspecified atom stereocenters. The van der Waals surface area contributed by atoms with Crippen molar-refractivity contribution in [3.63, 3.8) is 0 Å². The van der Waals surface area contributed by atoms with Gasteiger partial charge in [0.25, 0.3) is 0 Å². The Kier molecular flexibility index (Phi) is 3.34. The second-order valence-electron chi connectivity index (χ2n) is 2.23. The van der Waals surface area contributed by atoms with E-state index in [1.807, 2.05) is 18.2 Å². The fraction of sp³-hybridized carbons (Fsp3) is 0.222. The molecule has 0 aromatic heterocycles. The molecule has 0 saturated heterocycles. The van der Waals surface area contributed by atoms with Crippen molar-refractivity contribution in [3.8, 4) is 0 Å². The fourth-order valence-corrected chi connectivity index (χ4v) is 1.44. The minimum atomic E-state index is 0.956. The van der Waals surface area contributed by atoms with Crippen LogP contribution in [0.25, 0.3) is 0 Å². The number of benzene rings is 1. The number of hydrogen-bond acceptors (Lipinski definition) is 1. The van der Waals surface area contributed by atoms with E-state index in [0.717, 1.165) is 11.1 Å². The summed E-state index contributed by atoms with van der Waals surface area (Å²) in [5, 5.41) is 3.22. The molecule has 0 fully saturated rings. The first-order valence-corrected chi connectivity index (χ1v) is 4.53. The Labute approximate surface area is 75.2 Å². The van der Waals surface area contributed by atoms with E-state index in [1.165, 1.54) is 5.56 Å². The molecular formula is C9H11NSe. The molecule has 1 N–H and O–H groups in total. The minimum absolute atomic E-state index is 0.956. The van der Waals surface area contributed by atoms with Crippen LogP contribution in [0.1, 0.15) is 12.5 Å². The fourth-order valence-electron chi connectivity index (χ4n) is 0.852. The Morgan fingerprint density at radius 1 is 1.36 bits per heavy atom. The molecule has 0 aliphatic rings. The zero-order valence-electron chi connectivity index (χ0n) is 6.50. The quantitative estimate of drug-likeness (QED) is 0.735. The summed E-state index contributed by atoms with van der Waals surface area (Å²) in [6, 6.07) is 10.2. The molecule has 0 heterocycles. The predicted molar refractivity (Wildman–Crippen MR) is 50.0 cm³/mol. The molecule has 0 spiro atoms. The second kappa shape index (κ2) is 4.32. The van der Waals surface area contributed by atoms with Crippen LogP contribution in [0.15, 0.2) is 30.3 Å². The monoisotopic (exact) mass is 213 g/mol. The van der Waals surface area contributed by atoms with Crippen LogP contribution in [0.2, 0.25) is 0 Å². The molecule has 1 aromatic rings. The molecule has 0 amide bonds. The summed E-state index contributed by atoms with van der Waals surface area (Å²) in [6.45, 7) is 3.04. The Morgan fingerprint density at radius 3 is 2.55 bits per heavy atom. The summed E-state index contributed by atoms with van der Waals surface area (Å²) in [6.07, 6.45) is 0. The van der Waals surface area contributed by atoms with Gasteiger partial charge in [0, 0.05) is 0 Å². The Balaban J connectivity index is 2.69. The molecule has 2 heteroatoms. The number of rotatable bonds is 3. The van der Waals surface area contributed by atoms with E-state index in [1.54, 1.807) is 0 Å². The van der Waals surface area contributed by atoms with Gasteiger partial charge in [0.1, 0.15) is 0 Å². The molecule has 1 rings (SSSR count). The van der Waals surface area contributed by atoms with Gasteiger partial charge in [-0.25, -0.2) is 0 Å². The molecule has 0 atom stereocenters. The van der Waals surface area contributed by atoms with Crippen LogP contribution in [0.4, 0.5) is 0 Å². The van der Waals surface area contributed by atoms with Gasteiger partial charge in [0.05, 0.1) is 0 Å². The van der Waals surface area contributed by atoms with Crippen LogP contribution in [0.3, 0.4) is 0 Å². The second-order valence-corrected chi connectivity index (χ2v) is 3.08. The van der Waals surface area contributed by atoms with E-state index in [9.17, 15) is 0 Å². The molecule has 0 radical (unpaired) electrons. The van der Waals surface area contributed by atoms with Crippen molar-refractivity contribution in [3.05, 3.63) is 35.9 Å². The summed E-state index contributed by atoms with van der Waals surface area (Å²) in [4.78, 5) is 0. The molecule has 1 nitrogen and oxygen atoms in total. The van der Waals surface area contributed by atoms with Crippen molar-refractivity contribution < 1.29 is 0 Å². The van der Waals surface area contributed by atoms with Crippen LogP contribution in [-0.4, -0.2) is 26.7 Å². The first-order chi connectivity index (χ1) is 5.34. The molecule has 58 valence electrons. The third-order valence-corrected chi connectivity index (χ3v) is 2.17. The van der Waals surface area contributed by atoms with Crippen LogP contribution in [-0.2, 0) is 0 Å². The van der Waals surface area contributed by atoms with E-state index < -0.39 is 0 Å². The summed E-state index contributed by atoms with van der Waals surface area (Å²) in [5.41, 5.74) is 1.22. The van der Waals surface area contributed by atoms with Gasteiger partial charge in [-0.1, -0.05) is 0 Å². The first kappa shape index (κ1) is 8.51. The summed E-state index contributed by atoms with van der Waals surface area (Å²) >= 11 is 3.00. The molecule has 0 bridgehead atoms. The Morgan fingerprint density at radius 2 is 2.00 bits per heavy atom. The average Bonchev–Trinajstić information content (AvgIpc) is 2.07. The maximum atomic E-state index is 3.22. The van der Waals surface area contributed by atoms with Crippen LogP contribution < -0.4 is 5.32 Å². The zero-order valence-corrected chi connectivity index (χ0v) is 8.22. The maximum absolute atomic E-state index is 3.22. The van der Waals surface area contributed by atoms with Gasteiger partial charge in [0.2, 0.25) is 0 Å². The first-order valence-electron chi connectivity index (χ1n) is 3.68. The van der Waals surface area contributed by atoms with Gasteiger partial charge in [-0.15, -0.1) is 0 Å². The van der Waals surface area contributed by atoms with E-state index in [-0.39, 0.29) is 0 Å². The molecule has 0 saturated carbocycles. The van der Waals surface area contributed by atoms with Crippen molar-refractivity contribution in [2.45, 2.75) is 6.92 Å². The summed E-state index contributed by atoms with van der Waals surface area (Å²) < 4.78 is 1.12. The molecule has 11 heavy (non-hydrogen) atoms. The van der Waals surface area contributed by atoms with Gasteiger partial charge in [-0.3, -0.25) is 0 Å². The van der Waals surface area contributed by atoms with Crippen molar-refractivity contribution in [1.82, 2.24) is 5.32 Å². The molecule has 0 aliphatic carbocycles. The number of nitrogens with one attached hydrogen (secondary N) is 1. The van der Waals surface area contributed by atoms with Crippen LogP contribution >= 0.6 is 0 Å². The Bertz CT molecular complexity index is 231. The van der Waals surface area contributed by atoms with Gasteiger partial charge < -0.3 is 0 Å². The standard InChI is InChI=1S/C9H11NSe/c1-2-10-9(11)8-6-4-3-5-7-8/h3-7H,2H2,1H3,(H,10,11). The van der Waals surface area contributed by atoms with E-state index in [2.05, 4.69) is 39.9 Å². The van der Waals surface area contributed by atoms with Crippen molar-refractivity contribution in [1.29, 1.82) is 0 Å². The van der Waals surface area contributed by atoms with E-state index in [4.69, 9.17) is 0 Å². The van der Waals surface area contributed by atoms with Gasteiger partial charge in [-0.2, -0.15) is 0 Å². The van der Waals surface area contributed by atoms with E-state index >= 15 is 0 Å². The average molecular weight is 212 g/mol. The summed E-state index contributed by atoms with van der Waals surface area (Å²) in [5.74, 6) is 0. The van der Waals surface area contributed by atoms with Crippen LogP contribution in [0.5, 0.6) is 0 Å². The van der Waals surface area contributed by atoms with Gasteiger partial charge in [0.15, 0.2) is 0 Å². The summed E-state index contributed by atoms with van der Waals surface area (Å²) in [7, 11) is 0. The normalized spacial score (nSPS) is 9.18. The molecule has 0 aliphatic heterocycles. The van der Waals surface area contributed by atoms with Crippen molar-refractivity contribution in [2.75, 3.05) is 6.54 Å². The molecule has 1 aromatic carbocycles. The third kappa shape index (κ3) is 2.49. The van der Waals surface area contributed by atoms with Gasteiger partial charge in [-0.05, 0) is 0 Å². The molecular weight excluding hydrogens is 201 g/mol. The van der Waals surface area contributed by atoms with Gasteiger partial charge >= 0.3 is 74.8 Å². The third-order valence-electron chi connectivity index (χ3n) is 1.37. The topological polar surface area (TPSA) is 12.0 Å². The predicted octanol–water partition coefficient (Wildman–Crippen LogP) is 0.943. The zero-order chi connectivity index (χ0) is 8.10. The number of hydrogen-bond donors (Lipinski definition) is 1. The van der Waals surface area contributed by atoms with Crippen molar-refractivity contribution in [2.24, 2.45) is 0 Å². The Hall–Kier alpha value is -0.591. The van der Waals surface area contributed by atoms with E-state index in [0.29, 0.717) is 0 Å². The van der Waals surface area contributed by atoms with Crippen molar-refractivity contribution >= 4 is 20.1 Å². The van der Waals surface area contributed by atoms with Crippen LogP contribution in [0, 0.1) is 0 Å². The SMILES string of the molecule is CCNC(=[Se])c1ccccc1.